The van der Waals surface area contributed by atoms with Gasteiger partial charge in [-0.15, -0.1) is 0 Å². The number of amidine groups is 1. The van der Waals surface area contributed by atoms with Gasteiger partial charge in [0.15, 0.2) is 5.76 Å². The first-order valence-corrected chi connectivity index (χ1v) is 8.16. The molecule has 3 rings (SSSR count). The lowest BCUT2D eigenvalue weighted by atomic mass is 10.1. The van der Waals surface area contributed by atoms with Crippen LogP contribution in [-0.4, -0.2) is 41.2 Å². The van der Waals surface area contributed by atoms with Crippen LogP contribution in [0.25, 0.3) is 0 Å². The Kier molecular flexibility index (Phi) is 3.95. The Hall–Kier alpha value is -2.18. The number of likely N-dealkylation sites (N-methyl/N-ethyl adjacent to an activating group) is 1. The summed E-state index contributed by atoms with van der Waals surface area (Å²) in [6.45, 7) is 6.34. The van der Waals surface area contributed by atoms with Gasteiger partial charge in [-0.05, 0) is 13.3 Å². The molecule has 0 saturated carbocycles. The number of aryl methyl sites for hydroxylation is 1. The van der Waals surface area contributed by atoms with Gasteiger partial charge in [0.25, 0.3) is 17.8 Å². The second-order valence-electron chi connectivity index (χ2n) is 6.16. The van der Waals surface area contributed by atoms with Crippen LogP contribution in [0.2, 0.25) is 0 Å². The van der Waals surface area contributed by atoms with Gasteiger partial charge in [-0.1, -0.05) is 26.2 Å². The fraction of sp³-hybridized carbons (Fsp3) is 0.625. The van der Waals surface area contributed by atoms with Crippen LogP contribution in [-0.2, 0) is 4.79 Å². The quantitative estimate of drug-likeness (QED) is 0.617. The predicted octanol–water partition coefficient (Wildman–Crippen LogP) is 2.24. The predicted molar refractivity (Wildman–Crippen MR) is 83.5 cm³/mol. The van der Waals surface area contributed by atoms with Gasteiger partial charge in [0.05, 0.1) is 0 Å². The average Bonchev–Trinajstić information content (AvgIpc) is 3.02. The first-order chi connectivity index (χ1) is 11.0. The molecular weight excluding hydrogens is 296 g/mol. The molecule has 0 spiro atoms. The van der Waals surface area contributed by atoms with Crippen molar-refractivity contribution in [3.05, 3.63) is 11.5 Å². The molecule has 124 valence electrons. The van der Waals surface area contributed by atoms with Crippen molar-refractivity contribution in [1.82, 2.24) is 9.80 Å². The van der Waals surface area contributed by atoms with Crippen LogP contribution in [0.5, 0.6) is 0 Å². The van der Waals surface area contributed by atoms with E-state index < -0.39 is 6.04 Å². The Morgan fingerprint density at radius 1 is 1.22 bits per heavy atom. The van der Waals surface area contributed by atoms with E-state index in [0.717, 1.165) is 37.1 Å². The van der Waals surface area contributed by atoms with Crippen molar-refractivity contribution in [2.75, 3.05) is 13.6 Å². The molecule has 7 nitrogen and oxygen atoms in total. The normalized spacial score (nSPS) is 20.0. The van der Waals surface area contributed by atoms with Crippen molar-refractivity contribution in [2.45, 2.75) is 52.5 Å². The molecule has 1 aromatic heterocycles. The number of aromatic nitrogens is 1. The molecule has 2 aliphatic heterocycles. The van der Waals surface area contributed by atoms with Gasteiger partial charge in [0.1, 0.15) is 5.69 Å². The van der Waals surface area contributed by atoms with Gasteiger partial charge in [0, 0.05) is 25.5 Å². The van der Waals surface area contributed by atoms with Crippen LogP contribution < -0.4 is 4.57 Å². The summed E-state index contributed by atoms with van der Waals surface area (Å²) >= 11 is 0. The number of amides is 3. The molecule has 1 aromatic rings. The number of unbranched alkanes of at least 4 members (excludes halogenated alkanes) is 3. The molecule has 2 aliphatic rings. The molecule has 0 radical (unpaired) electrons. The van der Waals surface area contributed by atoms with E-state index in [9.17, 15) is 9.59 Å². The van der Waals surface area contributed by atoms with Gasteiger partial charge in [-0.3, -0.25) is 14.6 Å². The third-order valence-electron chi connectivity index (χ3n) is 4.63. The van der Waals surface area contributed by atoms with Crippen molar-refractivity contribution in [1.29, 1.82) is 0 Å². The number of imide groups is 1. The number of rotatable bonds is 5. The standard InChI is InChI=1S/C16H23N4O3/c1-5-6-7-8-9-19-14(21)12-13(18(4)16(19)22)17-15-20(12)10(2)11(3)23-15/h12H,5-9H2,1-4H3/q+1. The smallest absolute Gasteiger partial charge is 0.389 e. The van der Waals surface area contributed by atoms with Crippen LogP contribution in [0.15, 0.2) is 9.41 Å². The number of fused-ring (bicyclic) bond motifs is 3. The van der Waals surface area contributed by atoms with Crippen LogP contribution >= 0.6 is 0 Å². The Morgan fingerprint density at radius 3 is 2.65 bits per heavy atom. The van der Waals surface area contributed by atoms with Crippen LogP contribution in [0.3, 0.4) is 0 Å². The van der Waals surface area contributed by atoms with Gasteiger partial charge >= 0.3 is 12.0 Å². The number of hydrogen-bond acceptors (Lipinski definition) is 4. The van der Waals surface area contributed by atoms with E-state index in [1.165, 1.54) is 9.80 Å². The van der Waals surface area contributed by atoms with E-state index in [0.29, 0.717) is 18.4 Å². The van der Waals surface area contributed by atoms with Crippen molar-refractivity contribution >= 4 is 23.8 Å². The first kappa shape index (κ1) is 15.7. The Morgan fingerprint density at radius 2 is 1.96 bits per heavy atom. The molecular formula is C16H23N4O3+. The van der Waals surface area contributed by atoms with Crippen molar-refractivity contribution in [2.24, 2.45) is 4.99 Å². The third kappa shape index (κ3) is 2.34. The molecule has 1 fully saturated rings. The highest BCUT2D eigenvalue weighted by atomic mass is 16.4. The molecule has 3 amide bonds. The zero-order valence-corrected chi connectivity index (χ0v) is 14.1. The monoisotopic (exact) mass is 319 g/mol. The summed E-state index contributed by atoms with van der Waals surface area (Å²) in [4.78, 5) is 32.5. The number of carbonyl (C=O) groups excluding carboxylic acids is 2. The number of hydrogen-bond donors (Lipinski definition) is 0. The molecule has 0 aliphatic carbocycles. The SMILES string of the molecule is CCCCCCN1C(=O)C2C(=Nc3oc(C)c(C)[n+]32)N(C)C1=O. The summed E-state index contributed by atoms with van der Waals surface area (Å²) in [7, 11) is 1.66. The number of nitrogens with zero attached hydrogens (tertiary/aromatic N) is 4. The minimum atomic E-state index is -0.587. The molecule has 7 heteroatoms. The number of aliphatic imine (C=N–C) groups is 1. The molecule has 23 heavy (non-hydrogen) atoms. The maximum Gasteiger partial charge on any atom is 0.507 e. The average molecular weight is 319 g/mol. The second-order valence-corrected chi connectivity index (χ2v) is 6.16. The second kappa shape index (κ2) is 5.79. The third-order valence-corrected chi connectivity index (χ3v) is 4.63. The van der Waals surface area contributed by atoms with Gasteiger partial charge in [0.2, 0.25) is 0 Å². The number of urea groups is 1. The first-order valence-electron chi connectivity index (χ1n) is 8.16. The summed E-state index contributed by atoms with van der Waals surface area (Å²) in [5.74, 6) is 0.979. The number of carbonyl (C=O) groups is 2. The Labute approximate surface area is 135 Å². The van der Waals surface area contributed by atoms with Gasteiger partial charge in [-0.25, -0.2) is 4.79 Å². The van der Waals surface area contributed by atoms with E-state index >= 15 is 0 Å². The molecule has 1 saturated heterocycles. The van der Waals surface area contributed by atoms with Gasteiger partial charge in [-0.2, -0.15) is 4.57 Å². The fourth-order valence-electron chi connectivity index (χ4n) is 3.13. The zero-order valence-electron chi connectivity index (χ0n) is 14.1. The van der Waals surface area contributed by atoms with Crippen molar-refractivity contribution < 1.29 is 18.6 Å². The number of oxazole rings is 1. The van der Waals surface area contributed by atoms with E-state index in [-0.39, 0.29) is 11.9 Å². The van der Waals surface area contributed by atoms with Crippen molar-refractivity contribution in [3.8, 4) is 0 Å². The molecule has 0 aromatic carbocycles. The zero-order chi connectivity index (χ0) is 16.7. The maximum absolute atomic E-state index is 12.9. The lowest BCUT2D eigenvalue weighted by Gasteiger charge is -2.32. The van der Waals surface area contributed by atoms with Crippen LogP contribution in [0, 0.1) is 13.8 Å². The molecule has 1 atom stereocenters. The molecule has 0 bridgehead atoms. The lowest BCUT2D eigenvalue weighted by molar-refractivity contribution is -0.685. The molecule has 0 N–H and O–H groups in total. The van der Waals surface area contributed by atoms with Crippen LogP contribution in [0.1, 0.15) is 50.1 Å². The minimum absolute atomic E-state index is 0.212. The summed E-state index contributed by atoms with van der Waals surface area (Å²) in [5.41, 5.74) is 0.866. The Bertz CT molecular complexity index is 692. The van der Waals surface area contributed by atoms with E-state index in [2.05, 4.69) is 11.9 Å². The molecule has 1 unspecified atom stereocenters. The summed E-state index contributed by atoms with van der Waals surface area (Å²) in [6.07, 6.45) is 4.08. The van der Waals surface area contributed by atoms with E-state index in [1.807, 2.05) is 13.8 Å². The summed E-state index contributed by atoms with van der Waals surface area (Å²) in [6, 6.07) is -0.501. The van der Waals surface area contributed by atoms with E-state index in [1.54, 1.807) is 11.6 Å². The fourth-order valence-corrected chi connectivity index (χ4v) is 3.13. The van der Waals surface area contributed by atoms with E-state index in [4.69, 9.17) is 4.42 Å². The highest BCUT2D eigenvalue weighted by Gasteiger charge is 2.55. The topological polar surface area (TPSA) is 70.0 Å². The summed E-state index contributed by atoms with van der Waals surface area (Å²) in [5, 5.41) is 0. The Balaban J connectivity index is 1.88. The minimum Gasteiger partial charge on any atom is -0.389 e. The van der Waals surface area contributed by atoms with Gasteiger partial charge < -0.3 is 4.42 Å². The largest absolute Gasteiger partial charge is 0.507 e. The lowest BCUT2D eigenvalue weighted by Crippen LogP contribution is -2.63. The summed E-state index contributed by atoms with van der Waals surface area (Å²) < 4.78 is 7.38. The van der Waals surface area contributed by atoms with Crippen LogP contribution in [0.4, 0.5) is 10.8 Å². The molecule has 3 heterocycles. The highest BCUT2D eigenvalue weighted by Crippen LogP contribution is 2.30. The maximum atomic E-state index is 12.9. The van der Waals surface area contributed by atoms with Crippen molar-refractivity contribution in [3.63, 3.8) is 0 Å². The highest BCUT2D eigenvalue weighted by molar-refractivity contribution is 6.18.